The van der Waals surface area contributed by atoms with Gasteiger partial charge in [0.2, 0.25) is 0 Å². The molecule has 0 unspecified atom stereocenters. The Hall–Kier alpha value is -0.550. The number of rotatable bonds is 4. The summed E-state index contributed by atoms with van der Waals surface area (Å²) in [6.07, 6.45) is 2.92. The van der Waals surface area contributed by atoms with Crippen LogP contribution in [0.3, 0.4) is 0 Å². The topological polar surface area (TPSA) is 65.2 Å². The highest BCUT2D eigenvalue weighted by atomic mass is 35.5. The molecule has 0 aliphatic heterocycles. The average molecular weight is 300 g/mol. The van der Waals surface area contributed by atoms with E-state index in [1.54, 1.807) is 6.92 Å². The highest BCUT2D eigenvalue weighted by Crippen LogP contribution is 2.29. The van der Waals surface area contributed by atoms with Crippen molar-refractivity contribution in [2.24, 2.45) is 5.73 Å². The molecule has 2 N–H and O–H groups in total. The van der Waals surface area contributed by atoms with E-state index in [0.29, 0.717) is 22.2 Å². The summed E-state index contributed by atoms with van der Waals surface area (Å²) < 4.78 is 4.79. The van der Waals surface area contributed by atoms with Gasteiger partial charge in [0.15, 0.2) is 0 Å². The van der Waals surface area contributed by atoms with E-state index in [0.717, 1.165) is 0 Å². The molecule has 7 heteroatoms. The van der Waals surface area contributed by atoms with Crippen LogP contribution in [0.25, 0.3) is 0 Å². The average Bonchev–Trinajstić information content (AvgIpc) is 2.17. The fourth-order valence-corrected chi connectivity index (χ4v) is 1.92. The molecule has 1 heterocycles. The molecule has 1 aromatic rings. The standard InChI is InChI=1S/C10H12Cl2N2O2.ClH/c1-2-16-9(15)3-8(13)10-6(11)4-14-5-7(10)12;/h4-5,8H,2-3,13H2,1H3;1H/t8-;/m1./s1. The zero-order valence-electron chi connectivity index (χ0n) is 9.15. The second kappa shape index (κ2) is 7.71. The van der Waals surface area contributed by atoms with Gasteiger partial charge in [0.25, 0.3) is 0 Å². The van der Waals surface area contributed by atoms with E-state index in [2.05, 4.69) is 4.98 Å². The number of carbonyl (C=O) groups is 1. The summed E-state index contributed by atoms with van der Waals surface area (Å²) in [6, 6.07) is -0.581. The molecule has 0 aromatic carbocycles. The zero-order valence-corrected chi connectivity index (χ0v) is 11.5. The van der Waals surface area contributed by atoms with Crippen molar-refractivity contribution in [1.29, 1.82) is 0 Å². The van der Waals surface area contributed by atoms with Crippen LogP contribution in [0.15, 0.2) is 12.4 Å². The first-order valence-corrected chi connectivity index (χ1v) is 5.52. The van der Waals surface area contributed by atoms with Crippen LogP contribution in [0, 0.1) is 0 Å². The summed E-state index contributed by atoms with van der Waals surface area (Å²) in [5.41, 5.74) is 6.35. The van der Waals surface area contributed by atoms with Crippen LogP contribution in [-0.4, -0.2) is 17.6 Å². The Morgan fingerprint density at radius 3 is 2.47 bits per heavy atom. The number of carbonyl (C=O) groups excluding carboxylic acids is 1. The van der Waals surface area contributed by atoms with Gasteiger partial charge in [0.1, 0.15) is 0 Å². The van der Waals surface area contributed by atoms with E-state index in [9.17, 15) is 4.79 Å². The van der Waals surface area contributed by atoms with Gasteiger partial charge in [-0.1, -0.05) is 23.2 Å². The van der Waals surface area contributed by atoms with Gasteiger partial charge < -0.3 is 10.5 Å². The molecule has 0 bridgehead atoms. The van der Waals surface area contributed by atoms with Gasteiger partial charge in [-0.15, -0.1) is 12.4 Å². The van der Waals surface area contributed by atoms with E-state index < -0.39 is 6.04 Å². The molecule has 4 nitrogen and oxygen atoms in total. The zero-order chi connectivity index (χ0) is 12.1. The third kappa shape index (κ3) is 4.68. The Bertz CT molecular complexity index is 368. The fraction of sp³-hybridized carbons (Fsp3) is 0.400. The van der Waals surface area contributed by atoms with Crippen LogP contribution in [-0.2, 0) is 9.53 Å². The van der Waals surface area contributed by atoms with Crippen LogP contribution >= 0.6 is 35.6 Å². The van der Waals surface area contributed by atoms with Crippen LogP contribution in [0.2, 0.25) is 10.0 Å². The maximum atomic E-state index is 11.2. The molecule has 0 fully saturated rings. The van der Waals surface area contributed by atoms with Crippen LogP contribution in [0.5, 0.6) is 0 Å². The molecule has 1 rings (SSSR count). The molecule has 0 spiro atoms. The van der Waals surface area contributed by atoms with Gasteiger partial charge in [-0.2, -0.15) is 0 Å². The lowest BCUT2D eigenvalue weighted by atomic mass is 10.1. The molecule has 0 radical (unpaired) electrons. The van der Waals surface area contributed by atoms with Gasteiger partial charge in [-0.3, -0.25) is 9.78 Å². The largest absolute Gasteiger partial charge is 0.466 e. The molecule has 1 aromatic heterocycles. The molecule has 0 amide bonds. The summed E-state index contributed by atoms with van der Waals surface area (Å²) in [4.78, 5) is 15.1. The molecule has 0 aliphatic carbocycles. The van der Waals surface area contributed by atoms with Gasteiger partial charge >= 0.3 is 5.97 Å². The van der Waals surface area contributed by atoms with E-state index in [-0.39, 0.29) is 24.8 Å². The quantitative estimate of drug-likeness (QED) is 0.868. The summed E-state index contributed by atoms with van der Waals surface area (Å²) in [6.45, 7) is 2.05. The Kier molecular flexibility index (Phi) is 7.46. The molecular formula is C10H13Cl3N2O2. The molecule has 1 atom stereocenters. The minimum Gasteiger partial charge on any atom is -0.466 e. The van der Waals surface area contributed by atoms with E-state index in [4.69, 9.17) is 33.7 Å². The Morgan fingerprint density at radius 1 is 1.47 bits per heavy atom. The van der Waals surface area contributed by atoms with E-state index >= 15 is 0 Å². The summed E-state index contributed by atoms with van der Waals surface area (Å²) >= 11 is 11.8. The molecule has 0 saturated heterocycles. The minimum absolute atomic E-state index is 0. The van der Waals surface area contributed by atoms with Gasteiger partial charge in [0.05, 0.1) is 23.1 Å². The van der Waals surface area contributed by atoms with Crippen LogP contribution < -0.4 is 5.73 Å². The van der Waals surface area contributed by atoms with Crippen molar-refractivity contribution in [3.05, 3.63) is 28.0 Å². The Morgan fingerprint density at radius 2 is 2.00 bits per heavy atom. The second-order valence-corrected chi connectivity index (χ2v) is 3.95. The summed E-state index contributed by atoms with van der Waals surface area (Å²) in [5, 5.41) is 0.702. The van der Waals surface area contributed by atoms with Crippen molar-refractivity contribution in [1.82, 2.24) is 4.98 Å². The number of nitrogens with zero attached hydrogens (tertiary/aromatic N) is 1. The summed E-state index contributed by atoms with van der Waals surface area (Å²) in [5.74, 6) is -0.376. The normalized spacial score (nSPS) is 11.5. The van der Waals surface area contributed by atoms with E-state index in [1.807, 2.05) is 0 Å². The maximum absolute atomic E-state index is 11.2. The first-order chi connectivity index (χ1) is 7.56. The van der Waals surface area contributed by atoms with Crippen molar-refractivity contribution in [3.8, 4) is 0 Å². The van der Waals surface area contributed by atoms with Crippen molar-refractivity contribution in [2.75, 3.05) is 6.61 Å². The Balaban J connectivity index is 0.00000256. The fourth-order valence-electron chi connectivity index (χ4n) is 1.28. The second-order valence-electron chi connectivity index (χ2n) is 3.13. The minimum atomic E-state index is -0.581. The SMILES string of the molecule is CCOC(=O)C[C@@H](N)c1c(Cl)cncc1Cl.Cl. The van der Waals surface area contributed by atoms with Gasteiger partial charge in [-0.25, -0.2) is 0 Å². The number of halogens is 3. The van der Waals surface area contributed by atoms with E-state index in [1.165, 1.54) is 12.4 Å². The third-order valence-electron chi connectivity index (χ3n) is 1.95. The van der Waals surface area contributed by atoms with Crippen molar-refractivity contribution < 1.29 is 9.53 Å². The lowest BCUT2D eigenvalue weighted by molar-refractivity contribution is -0.143. The number of hydrogen-bond donors (Lipinski definition) is 1. The Labute approximate surface area is 116 Å². The molecule has 17 heavy (non-hydrogen) atoms. The highest BCUT2D eigenvalue weighted by Gasteiger charge is 2.18. The van der Waals surface area contributed by atoms with Gasteiger partial charge in [0, 0.05) is 24.0 Å². The number of pyridine rings is 1. The molecule has 96 valence electrons. The summed E-state index contributed by atoms with van der Waals surface area (Å²) in [7, 11) is 0. The first kappa shape index (κ1) is 16.4. The van der Waals surface area contributed by atoms with Crippen molar-refractivity contribution in [3.63, 3.8) is 0 Å². The smallest absolute Gasteiger partial charge is 0.307 e. The lowest BCUT2D eigenvalue weighted by Gasteiger charge is -2.13. The van der Waals surface area contributed by atoms with Crippen molar-refractivity contribution in [2.45, 2.75) is 19.4 Å². The lowest BCUT2D eigenvalue weighted by Crippen LogP contribution is -2.18. The number of ether oxygens (including phenoxy) is 1. The number of nitrogens with two attached hydrogens (primary N) is 1. The number of hydrogen-bond acceptors (Lipinski definition) is 4. The predicted molar refractivity (Wildman–Crippen MR) is 69.7 cm³/mol. The monoisotopic (exact) mass is 298 g/mol. The molecule has 0 aliphatic rings. The maximum Gasteiger partial charge on any atom is 0.307 e. The number of esters is 1. The molecular weight excluding hydrogens is 286 g/mol. The first-order valence-electron chi connectivity index (χ1n) is 4.76. The number of aromatic nitrogens is 1. The molecule has 0 saturated carbocycles. The third-order valence-corrected chi connectivity index (χ3v) is 2.56. The highest BCUT2D eigenvalue weighted by molar-refractivity contribution is 6.35. The van der Waals surface area contributed by atoms with Crippen LogP contribution in [0.1, 0.15) is 24.9 Å². The van der Waals surface area contributed by atoms with Gasteiger partial charge in [-0.05, 0) is 6.92 Å². The predicted octanol–water partition coefficient (Wildman–Crippen LogP) is 2.76. The van der Waals surface area contributed by atoms with Crippen molar-refractivity contribution >= 4 is 41.6 Å². The van der Waals surface area contributed by atoms with Crippen LogP contribution in [0.4, 0.5) is 0 Å².